The average molecular weight is 349 g/mol. The molecule has 1 unspecified atom stereocenters. The van der Waals surface area contributed by atoms with Gasteiger partial charge in [0.1, 0.15) is 5.82 Å². The van der Waals surface area contributed by atoms with Crippen molar-refractivity contribution in [2.24, 2.45) is 0 Å². The standard InChI is InChI=1S/C15H24N4O.2ClH/c1-3-19(4-2)14-8-7-13(11-17-14)18-15(20)10-12-6-5-9-16-12;;/h7-8,11-12,16H,3-6,9-10H2,1-2H3,(H,18,20);2*1H. The van der Waals surface area contributed by atoms with E-state index in [4.69, 9.17) is 0 Å². The number of rotatable bonds is 6. The van der Waals surface area contributed by atoms with Gasteiger partial charge in [0.05, 0.1) is 11.9 Å². The van der Waals surface area contributed by atoms with Crippen LogP contribution in [0.4, 0.5) is 11.5 Å². The van der Waals surface area contributed by atoms with Crippen LogP contribution in [0.5, 0.6) is 0 Å². The molecule has 1 atom stereocenters. The Hall–Kier alpha value is -1.04. The predicted molar refractivity (Wildman–Crippen MR) is 96.6 cm³/mol. The number of pyridine rings is 1. The van der Waals surface area contributed by atoms with Gasteiger partial charge in [-0.25, -0.2) is 4.98 Å². The molecule has 2 heterocycles. The van der Waals surface area contributed by atoms with Crippen molar-refractivity contribution >= 4 is 42.2 Å². The van der Waals surface area contributed by atoms with Crippen LogP contribution in [0.25, 0.3) is 0 Å². The zero-order valence-electron chi connectivity index (χ0n) is 13.2. The summed E-state index contributed by atoms with van der Waals surface area (Å²) in [5.41, 5.74) is 0.768. The van der Waals surface area contributed by atoms with Crippen molar-refractivity contribution in [3.8, 4) is 0 Å². The SMILES string of the molecule is CCN(CC)c1ccc(NC(=O)CC2CCCN2)cn1.Cl.Cl. The summed E-state index contributed by atoms with van der Waals surface area (Å²) < 4.78 is 0. The zero-order chi connectivity index (χ0) is 14.4. The van der Waals surface area contributed by atoms with Gasteiger partial charge in [-0.3, -0.25) is 4.79 Å². The van der Waals surface area contributed by atoms with Gasteiger partial charge in [0, 0.05) is 25.6 Å². The van der Waals surface area contributed by atoms with Crippen molar-refractivity contribution < 1.29 is 4.79 Å². The van der Waals surface area contributed by atoms with Crippen LogP contribution in [-0.2, 0) is 4.79 Å². The van der Waals surface area contributed by atoms with E-state index in [2.05, 4.69) is 34.4 Å². The van der Waals surface area contributed by atoms with E-state index in [1.165, 1.54) is 0 Å². The number of anilines is 2. The molecule has 1 fully saturated rings. The van der Waals surface area contributed by atoms with Gasteiger partial charge < -0.3 is 15.5 Å². The molecule has 1 aliphatic rings. The van der Waals surface area contributed by atoms with Gasteiger partial charge in [-0.2, -0.15) is 0 Å². The molecule has 0 spiro atoms. The van der Waals surface area contributed by atoms with Crippen molar-refractivity contribution in [3.05, 3.63) is 18.3 Å². The molecule has 126 valence electrons. The van der Waals surface area contributed by atoms with Crippen LogP contribution in [0, 0.1) is 0 Å². The van der Waals surface area contributed by atoms with Crippen LogP contribution >= 0.6 is 24.8 Å². The molecule has 1 aliphatic heterocycles. The molecule has 0 aliphatic carbocycles. The maximum atomic E-state index is 11.9. The molecule has 1 saturated heterocycles. The summed E-state index contributed by atoms with van der Waals surface area (Å²) in [6.07, 6.45) is 4.52. The van der Waals surface area contributed by atoms with Gasteiger partial charge in [-0.05, 0) is 45.4 Å². The van der Waals surface area contributed by atoms with Crippen molar-refractivity contribution in [1.82, 2.24) is 10.3 Å². The fourth-order valence-corrected chi connectivity index (χ4v) is 2.56. The number of hydrogen-bond acceptors (Lipinski definition) is 4. The second-order valence-corrected chi connectivity index (χ2v) is 5.12. The van der Waals surface area contributed by atoms with Crippen molar-refractivity contribution in [2.45, 2.75) is 39.2 Å². The van der Waals surface area contributed by atoms with E-state index < -0.39 is 0 Å². The monoisotopic (exact) mass is 348 g/mol. The fraction of sp³-hybridized carbons (Fsp3) is 0.600. The first kappa shape index (κ1) is 21.0. The topological polar surface area (TPSA) is 57.3 Å². The lowest BCUT2D eigenvalue weighted by molar-refractivity contribution is -0.116. The molecule has 22 heavy (non-hydrogen) atoms. The Labute approximate surface area is 145 Å². The molecule has 0 saturated carbocycles. The summed E-state index contributed by atoms with van der Waals surface area (Å²) in [4.78, 5) is 18.5. The second kappa shape index (κ2) is 10.6. The number of nitrogens with one attached hydrogen (secondary N) is 2. The Balaban J connectivity index is 0.00000220. The molecule has 0 radical (unpaired) electrons. The molecule has 7 heteroatoms. The van der Waals surface area contributed by atoms with Gasteiger partial charge >= 0.3 is 0 Å². The lowest BCUT2D eigenvalue weighted by atomic mass is 10.1. The lowest BCUT2D eigenvalue weighted by Gasteiger charge is -2.19. The number of halogens is 2. The lowest BCUT2D eigenvalue weighted by Crippen LogP contribution is -2.27. The number of carbonyl (C=O) groups is 1. The van der Waals surface area contributed by atoms with E-state index in [1.54, 1.807) is 6.20 Å². The van der Waals surface area contributed by atoms with E-state index in [0.29, 0.717) is 12.5 Å². The summed E-state index contributed by atoms with van der Waals surface area (Å²) in [6.45, 7) is 7.11. The zero-order valence-corrected chi connectivity index (χ0v) is 14.8. The Morgan fingerprint density at radius 1 is 1.36 bits per heavy atom. The van der Waals surface area contributed by atoms with Crippen LogP contribution in [0.2, 0.25) is 0 Å². The maximum absolute atomic E-state index is 11.9. The summed E-state index contributed by atoms with van der Waals surface area (Å²) in [7, 11) is 0. The van der Waals surface area contributed by atoms with Crippen LogP contribution in [-0.4, -0.2) is 36.6 Å². The average Bonchev–Trinajstić information content (AvgIpc) is 2.94. The smallest absolute Gasteiger partial charge is 0.225 e. The highest BCUT2D eigenvalue weighted by Gasteiger charge is 2.17. The van der Waals surface area contributed by atoms with E-state index >= 15 is 0 Å². The second-order valence-electron chi connectivity index (χ2n) is 5.12. The number of amides is 1. The summed E-state index contributed by atoms with van der Waals surface area (Å²) in [5, 5.41) is 6.24. The largest absolute Gasteiger partial charge is 0.357 e. The molecule has 1 aromatic rings. The number of carbonyl (C=O) groups excluding carboxylic acids is 1. The minimum atomic E-state index is 0. The third kappa shape index (κ3) is 5.99. The van der Waals surface area contributed by atoms with Crippen molar-refractivity contribution in [1.29, 1.82) is 0 Å². The highest BCUT2D eigenvalue weighted by molar-refractivity contribution is 5.91. The van der Waals surface area contributed by atoms with E-state index in [9.17, 15) is 4.79 Å². The number of aromatic nitrogens is 1. The minimum absolute atomic E-state index is 0. The summed E-state index contributed by atoms with van der Waals surface area (Å²) >= 11 is 0. The summed E-state index contributed by atoms with van der Waals surface area (Å²) in [5.74, 6) is 1.01. The van der Waals surface area contributed by atoms with Gasteiger partial charge in [0.15, 0.2) is 0 Å². The van der Waals surface area contributed by atoms with Gasteiger partial charge in [-0.15, -0.1) is 24.8 Å². The Morgan fingerprint density at radius 3 is 2.59 bits per heavy atom. The molecule has 5 nitrogen and oxygen atoms in total. The number of hydrogen-bond donors (Lipinski definition) is 2. The third-order valence-corrected chi connectivity index (χ3v) is 3.71. The Bertz CT molecular complexity index is 432. The first-order valence-corrected chi connectivity index (χ1v) is 7.47. The van der Waals surface area contributed by atoms with Crippen molar-refractivity contribution in [3.63, 3.8) is 0 Å². The van der Waals surface area contributed by atoms with Gasteiger partial charge in [-0.1, -0.05) is 0 Å². The van der Waals surface area contributed by atoms with Gasteiger partial charge in [0.25, 0.3) is 0 Å². The normalized spacial score (nSPS) is 16.4. The van der Waals surface area contributed by atoms with Gasteiger partial charge in [0.2, 0.25) is 5.91 Å². The quantitative estimate of drug-likeness (QED) is 0.829. The first-order chi connectivity index (χ1) is 9.72. The highest BCUT2D eigenvalue weighted by atomic mass is 35.5. The molecule has 0 aromatic carbocycles. The Kier molecular flexibility index (Phi) is 10.1. The van der Waals surface area contributed by atoms with Crippen LogP contribution in [0.1, 0.15) is 33.1 Å². The van der Waals surface area contributed by atoms with Crippen molar-refractivity contribution in [2.75, 3.05) is 29.9 Å². The minimum Gasteiger partial charge on any atom is -0.357 e. The predicted octanol–water partition coefficient (Wildman–Crippen LogP) is 2.85. The van der Waals surface area contributed by atoms with E-state index in [-0.39, 0.29) is 30.7 Å². The van der Waals surface area contributed by atoms with Crippen LogP contribution < -0.4 is 15.5 Å². The Morgan fingerprint density at radius 2 is 2.09 bits per heavy atom. The van der Waals surface area contributed by atoms with Crippen LogP contribution in [0.15, 0.2) is 18.3 Å². The molecule has 1 aromatic heterocycles. The summed E-state index contributed by atoms with van der Waals surface area (Å²) in [6, 6.07) is 4.20. The fourth-order valence-electron chi connectivity index (χ4n) is 2.56. The molecule has 2 rings (SSSR count). The third-order valence-electron chi connectivity index (χ3n) is 3.71. The first-order valence-electron chi connectivity index (χ1n) is 7.47. The molecular weight excluding hydrogens is 323 g/mol. The molecular formula is C15H26Cl2N4O. The molecule has 1 amide bonds. The molecule has 2 N–H and O–H groups in total. The van der Waals surface area contributed by atoms with E-state index in [0.717, 1.165) is 44.0 Å². The molecule has 0 bridgehead atoms. The number of nitrogens with zero attached hydrogens (tertiary/aromatic N) is 2. The van der Waals surface area contributed by atoms with E-state index in [1.807, 2.05) is 12.1 Å². The van der Waals surface area contributed by atoms with Crippen LogP contribution in [0.3, 0.4) is 0 Å². The maximum Gasteiger partial charge on any atom is 0.225 e. The highest BCUT2D eigenvalue weighted by Crippen LogP contribution is 2.15.